The van der Waals surface area contributed by atoms with Gasteiger partial charge >= 0.3 is 0 Å². The van der Waals surface area contributed by atoms with Crippen LogP contribution in [0.15, 0.2) is 18.2 Å². The third-order valence-electron chi connectivity index (χ3n) is 3.65. The van der Waals surface area contributed by atoms with Crippen molar-refractivity contribution < 1.29 is 0 Å². The number of nitrogens with zero attached hydrogens (tertiary/aromatic N) is 1. The molecule has 0 saturated carbocycles. The topological polar surface area (TPSA) is 29.3 Å². The number of unbranched alkanes of at least 4 members (excludes halogenated alkanes) is 2. The largest absolute Gasteiger partial charge is 0.329 e. The summed E-state index contributed by atoms with van der Waals surface area (Å²) >= 11 is 0. The predicted octanol–water partition coefficient (Wildman–Crippen LogP) is 3.43. The molecule has 0 fully saturated rings. The van der Waals surface area contributed by atoms with Crippen molar-refractivity contribution in [3.05, 3.63) is 34.9 Å². The summed E-state index contributed by atoms with van der Waals surface area (Å²) in [6.45, 7) is 8.38. The average molecular weight is 248 g/mol. The molecule has 0 heterocycles. The van der Waals surface area contributed by atoms with Crippen LogP contribution in [0.25, 0.3) is 0 Å². The highest BCUT2D eigenvalue weighted by molar-refractivity contribution is 5.33. The van der Waals surface area contributed by atoms with Gasteiger partial charge in [0.25, 0.3) is 0 Å². The minimum atomic E-state index is 0.349. The van der Waals surface area contributed by atoms with Crippen LogP contribution in [0, 0.1) is 13.8 Å². The van der Waals surface area contributed by atoms with Gasteiger partial charge in [-0.3, -0.25) is 4.90 Å². The van der Waals surface area contributed by atoms with Gasteiger partial charge in [0.05, 0.1) is 0 Å². The van der Waals surface area contributed by atoms with E-state index in [4.69, 9.17) is 5.73 Å². The molecule has 1 atom stereocenters. The summed E-state index contributed by atoms with van der Waals surface area (Å²) in [5.41, 5.74) is 10.0. The third-order valence-corrected chi connectivity index (χ3v) is 3.65. The van der Waals surface area contributed by atoms with Gasteiger partial charge in [-0.1, -0.05) is 43.5 Å². The fourth-order valence-corrected chi connectivity index (χ4v) is 2.51. The second-order valence-electron chi connectivity index (χ2n) is 5.30. The van der Waals surface area contributed by atoms with E-state index in [9.17, 15) is 0 Å². The minimum Gasteiger partial charge on any atom is -0.329 e. The summed E-state index contributed by atoms with van der Waals surface area (Å²) < 4.78 is 0. The first kappa shape index (κ1) is 15.2. The van der Waals surface area contributed by atoms with Gasteiger partial charge < -0.3 is 5.73 Å². The summed E-state index contributed by atoms with van der Waals surface area (Å²) in [5, 5.41) is 0. The molecular formula is C16H28N2. The zero-order valence-corrected chi connectivity index (χ0v) is 12.4. The van der Waals surface area contributed by atoms with Crippen LogP contribution < -0.4 is 5.73 Å². The van der Waals surface area contributed by atoms with Crippen LogP contribution in [0.2, 0.25) is 0 Å². The highest BCUT2D eigenvalue weighted by atomic mass is 15.1. The first-order valence-electron chi connectivity index (χ1n) is 7.07. The number of hydrogen-bond acceptors (Lipinski definition) is 2. The lowest BCUT2D eigenvalue weighted by atomic mass is 9.98. The van der Waals surface area contributed by atoms with Crippen molar-refractivity contribution in [1.82, 2.24) is 4.90 Å². The van der Waals surface area contributed by atoms with E-state index < -0.39 is 0 Å². The Balaban J connectivity index is 2.75. The normalized spacial score (nSPS) is 13.0. The lowest BCUT2D eigenvalue weighted by molar-refractivity contribution is 0.244. The van der Waals surface area contributed by atoms with E-state index in [0.29, 0.717) is 12.6 Å². The van der Waals surface area contributed by atoms with E-state index in [1.807, 2.05) is 0 Å². The molecule has 1 unspecified atom stereocenters. The van der Waals surface area contributed by atoms with Crippen LogP contribution in [0.5, 0.6) is 0 Å². The second kappa shape index (κ2) is 7.55. The number of benzene rings is 1. The fourth-order valence-electron chi connectivity index (χ4n) is 2.51. The first-order chi connectivity index (χ1) is 8.60. The van der Waals surface area contributed by atoms with Crippen molar-refractivity contribution in [2.75, 3.05) is 20.1 Å². The molecule has 1 rings (SSSR count). The van der Waals surface area contributed by atoms with Gasteiger partial charge in [0, 0.05) is 12.6 Å². The van der Waals surface area contributed by atoms with E-state index >= 15 is 0 Å². The van der Waals surface area contributed by atoms with Gasteiger partial charge in [0.15, 0.2) is 0 Å². The lowest BCUT2D eigenvalue weighted by Crippen LogP contribution is -2.31. The molecule has 2 heteroatoms. The standard InChI is InChI=1S/C16H28N2/c1-5-6-7-10-18(4)16(12-17)15-9-8-13(2)11-14(15)3/h8-9,11,16H,5-7,10,12,17H2,1-4H3. The zero-order chi connectivity index (χ0) is 13.5. The number of aryl methyl sites for hydroxylation is 2. The number of likely N-dealkylation sites (N-methyl/N-ethyl adjacent to an activating group) is 1. The Morgan fingerprint density at radius 3 is 2.50 bits per heavy atom. The predicted molar refractivity (Wildman–Crippen MR) is 79.9 cm³/mol. The Bertz CT molecular complexity index is 360. The van der Waals surface area contributed by atoms with Crippen molar-refractivity contribution in [2.45, 2.75) is 46.1 Å². The Morgan fingerprint density at radius 2 is 1.94 bits per heavy atom. The molecule has 0 aliphatic carbocycles. The fraction of sp³-hybridized carbons (Fsp3) is 0.625. The molecule has 2 nitrogen and oxygen atoms in total. The number of nitrogens with two attached hydrogens (primary N) is 1. The van der Waals surface area contributed by atoms with Crippen LogP contribution in [-0.2, 0) is 0 Å². The molecule has 0 saturated heterocycles. The maximum Gasteiger partial charge on any atom is 0.0470 e. The minimum absolute atomic E-state index is 0.349. The van der Waals surface area contributed by atoms with Gasteiger partial charge in [-0.25, -0.2) is 0 Å². The van der Waals surface area contributed by atoms with Gasteiger partial charge in [0.2, 0.25) is 0 Å². The first-order valence-corrected chi connectivity index (χ1v) is 7.07. The second-order valence-corrected chi connectivity index (χ2v) is 5.30. The monoisotopic (exact) mass is 248 g/mol. The molecule has 0 aromatic heterocycles. The average Bonchev–Trinajstić information content (AvgIpc) is 2.33. The lowest BCUT2D eigenvalue weighted by Gasteiger charge is -2.28. The molecule has 18 heavy (non-hydrogen) atoms. The number of rotatable bonds is 7. The molecule has 0 amide bonds. The summed E-state index contributed by atoms with van der Waals surface area (Å²) in [5.74, 6) is 0. The summed E-state index contributed by atoms with van der Waals surface area (Å²) in [7, 11) is 2.19. The summed E-state index contributed by atoms with van der Waals surface area (Å²) in [6, 6.07) is 7.02. The van der Waals surface area contributed by atoms with Crippen LogP contribution in [0.3, 0.4) is 0 Å². The maximum atomic E-state index is 5.98. The molecule has 0 bridgehead atoms. The molecule has 102 valence electrons. The van der Waals surface area contributed by atoms with Crippen molar-refractivity contribution in [1.29, 1.82) is 0 Å². The Morgan fingerprint density at radius 1 is 1.22 bits per heavy atom. The molecule has 0 radical (unpaired) electrons. The molecule has 2 N–H and O–H groups in total. The van der Waals surface area contributed by atoms with E-state index in [1.54, 1.807) is 0 Å². The quantitative estimate of drug-likeness (QED) is 0.749. The molecule has 0 aliphatic heterocycles. The van der Waals surface area contributed by atoms with Crippen LogP contribution in [0.4, 0.5) is 0 Å². The van der Waals surface area contributed by atoms with E-state index in [0.717, 1.165) is 6.54 Å². The Kier molecular flexibility index (Phi) is 6.37. The van der Waals surface area contributed by atoms with Crippen molar-refractivity contribution in [3.63, 3.8) is 0 Å². The molecule has 0 aliphatic rings. The van der Waals surface area contributed by atoms with Crippen molar-refractivity contribution in [2.24, 2.45) is 5.73 Å². The number of hydrogen-bond donors (Lipinski definition) is 1. The third kappa shape index (κ3) is 4.11. The Labute approximate surface area is 112 Å². The van der Waals surface area contributed by atoms with Gasteiger partial charge in [-0.2, -0.15) is 0 Å². The van der Waals surface area contributed by atoms with Crippen LogP contribution >= 0.6 is 0 Å². The summed E-state index contributed by atoms with van der Waals surface area (Å²) in [4.78, 5) is 2.40. The van der Waals surface area contributed by atoms with Gasteiger partial charge in [0.1, 0.15) is 0 Å². The molecule has 1 aromatic rings. The highest BCUT2D eigenvalue weighted by Gasteiger charge is 2.16. The molecule has 0 spiro atoms. The van der Waals surface area contributed by atoms with Crippen molar-refractivity contribution in [3.8, 4) is 0 Å². The van der Waals surface area contributed by atoms with Crippen molar-refractivity contribution >= 4 is 0 Å². The summed E-state index contributed by atoms with van der Waals surface area (Å²) in [6.07, 6.45) is 3.83. The highest BCUT2D eigenvalue weighted by Crippen LogP contribution is 2.23. The maximum absolute atomic E-state index is 5.98. The van der Waals surface area contributed by atoms with E-state index in [-0.39, 0.29) is 0 Å². The van der Waals surface area contributed by atoms with E-state index in [2.05, 4.69) is 50.9 Å². The Hall–Kier alpha value is -0.860. The van der Waals surface area contributed by atoms with E-state index in [1.165, 1.54) is 36.0 Å². The van der Waals surface area contributed by atoms with Crippen LogP contribution in [-0.4, -0.2) is 25.0 Å². The smallest absolute Gasteiger partial charge is 0.0470 e. The molecular weight excluding hydrogens is 220 g/mol. The van der Waals surface area contributed by atoms with Gasteiger partial charge in [-0.15, -0.1) is 0 Å². The molecule has 1 aromatic carbocycles. The van der Waals surface area contributed by atoms with Crippen LogP contribution in [0.1, 0.15) is 48.9 Å². The SMILES string of the molecule is CCCCCN(C)C(CN)c1ccc(C)cc1C. The van der Waals surface area contributed by atoms with Gasteiger partial charge in [-0.05, 0) is 45.0 Å². The zero-order valence-electron chi connectivity index (χ0n) is 12.4.